The molecule has 0 N–H and O–H groups in total. The number of oxime groups is 1. The van der Waals surface area contributed by atoms with Gasteiger partial charge in [0.05, 0.1) is 0 Å². The molecule has 0 aromatic carbocycles. The summed E-state index contributed by atoms with van der Waals surface area (Å²) in [6, 6.07) is 0. The molecule has 0 radical (unpaired) electrons. The predicted molar refractivity (Wildman–Crippen MR) is 52.1 cm³/mol. The molecule has 0 unspecified atom stereocenters. The first-order valence-electron chi connectivity index (χ1n) is 4.25. The van der Waals surface area contributed by atoms with Crippen LogP contribution in [0, 0.1) is 0 Å². The average Bonchev–Trinajstić information content (AvgIpc) is 2.38. The van der Waals surface area contributed by atoms with Crippen LogP contribution in [0.2, 0.25) is 0 Å². The SMILES string of the molecule is CC1=NOC2(C=CC=CC=C2)N1C. The van der Waals surface area contributed by atoms with E-state index in [4.69, 9.17) is 4.84 Å². The van der Waals surface area contributed by atoms with Crippen molar-refractivity contribution >= 4 is 5.84 Å². The van der Waals surface area contributed by atoms with Crippen LogP contribution in [0.4, 0.5) is 0 Å². The second kappa shape index (κ2) is 2.76. The number of hydrogen-bond acceptors (Lipinski definition) is 3. The topological polar surface area (TPSA) is 24.8 Å². The fourth-order valence-corrected chi connectivity index (χ4v) is 1.37. The number of nitrogens with zero attached hydrogens (tertiary/aromatic N) is 2. The van der Waals surface area contributed by atoms with Crippen molar-refractivity contribution in [2.24, 2.45) is 5.16 Å². The second-order valence-electron chi connectivity index (χ2n) is 3.14. The molecule has 1 spiro atoms. The summed E-state index contributed by atoms with van der Waals surface area (Å²) < 4.78 is 0. The average molecular weight is 176 g/mol. The van der Waals surface area contributed by atoms with Crippen LogP contribution in [0.25, 0.3) is 0 Å². The van der Waals surface area contributed by atoms with Crippen LogP contribution in [-0.2, 0) is 4.84 Å². The second-order valence-corrected chi connectivity index (χ2v) is 3.14. The molecule has 0 bridgehead atoms. The summed E-state index contributed by atoms with van der Waals surface area (Å²) in [5, 5.41) is 3.95. The van der Waals surface area contributed by atoms with Crippen molar-refractivity contribution in [3.63, 3.8) is 0 Å². The van der Waals surface area contributed by atoms with Crippen LogP contribution < -0.4 is 0 Å². The van der Waals surface area contributed by atoms with E-state index in [0.717, 1.165) is 5.84 Å². The Hall–Kier alpha value is -1.51. The Bertz CT molecular complexity index is 310. The highest BCUT2D eigenvalue weighted by Crippen LogP contribution is 2.27. The molecule has 13 heavy (non-hydrogen) atoms. The van der Waals surface area contributed by atoms with Gasteiger partial charge < -0.3 is 9.74 Å². The summed E-state index contributed by atoms with van der Waals surface area (Å²) in [4.78, 5) is 7.38. The molecule has 0 amide bonds. The Balaban J connectivity index is 2.33. The van der Waals surface area contributed by atoms with Gasteiger partial charge in [0.25, 0.3) is 0 Å². The minimum atomic E-state index is -0.506. The normalized spacial score (nSPS) is 23.2. The molecule has 0 fully saturated rings. The first kappa shape index (κ1) is 8.10. The predicted octanol–water partition coefficient (Wildman–Crippen LogP) is 1.66. The third-order valence-electron chi connectivity index (χ3n) is 2.34. The van der Waals surface area contributed by atoms with Gasteiger partial charge in [-0.2, -0.15) is 0 Å². The monoisotopic (exact) mass is 176 g/mol. The van der Waals surface area contributed by atoms with Crippen LogP contribution in [0.3, 0.4) is 0 Å². The van der Waals surface area contributed by atoms with E-state index < -0.39 is 5.72 Å². The van der Waals surface area contributed by atoms with E-state index in [2.05, 4.69) is 5.16 Å². The third-order valence-corrected chi connectivity index (χ3v) is 2.34. The summed E-state index contributed by atoms with van der Waals surface area (Å²) >= 11 is 0. The lowest BCUT2D eigenvalue weighted by Gasteiger charge is -2.27. The molecule has 2 rings (SSSR count). The van der Waals surface area contributed by atoms with E-state index in [0.29, 0.717) is 0 Å². The first-order valence-corrected chi connectivity index (χ1v) is 4.25. The van der Waals surface area contributed by atoms with Gasteiger partial charge in [-0.15, -0.1) is 0 Å². The summed E-state index contributed by atoms with van der Waals surface area (Å²) in [7, 11) is 1.96. The Kier molecular flexibility index (Phi) is 1.72. The maximum absolute atomic E-state index is 5.39. The van der Waals surface area contributed by atoms with Crippen molar-refractivity contribution in [1.82, 2.24) is 4.90 Å². The molecule has 1 aliphatic heterocycles. The molecule has 2 aliphatic rings. The van der Waals surface area contributed by atoms with Gasteiger partial charge in [-0.25, -0.2) is 0 Å². The minimum absolute atomic E-state index is 0.506. The Labute approximate surface area is 77.7 Å². The quantitative estimate of drug-likeness (QED) is 0.560. The summed E-state index contributed by atoms with van der Waals surface area (Å²) in [5.41, 5.74) is -0.506. The van der Waals surface area contributed by atoms with Crippen molar-refractivity contribution in [2.45, 2.75) is 12.6 Å². The van der Waals surface area contributed by atoms with Gasteiger partial charge in [0.1, 0.15) is 5.84 Å². The smallest absolute Gasteiger partial charge is 0.249 e. The highest BCUT2D eigenvalue weighted by molar-refractivity contribution is 5.81. The van der Waals surface area contributed by atoms with Crippen molar-refractivity contribution in [3.8, 4) is 0 Å². The lowest BCUT2D eigenvalue weighted by Crippen LogP contribution is -2.41. The van der Waals surface area contributed by atoms with E-state index in [9.17, 15) is 0 Å². The molecule has 3 heteroatoms. The zero-order valence-electron chi connectivity index (χ0n) is 7.77. The van der Waals surface area contributed by atoms with Crippen LogP contribution in [-0.4, -0.2) is 23.5 Å². The Morgan fingerprint density at radius 2 is 1.85 bits per heavy atom. The molecular weight excluding hydrogens is 164 g/mol. The summed E-state index contributed by atoms with van der Waals surface area (Å²) in [5.74, 6) is 0.885. The number of allylic oxidation sites excluding steroid dienone is 4. The molecule has 0 aromatic rings. The van der Waals surface area contributed by atoms with E-state index in [-0.39, 0.29) is 0 Å². The molecular formula is C10H12N2O. The highest BCUT2D eigenvalue weighted by atomic mass is 16.7. The van der Waals surface area contributed by atoms with Crippen molar-refractivity contribution in [3.05, 3.63) is 36.5 Å². The molecule has 1 heterocycles. The van der Waals surface area contributed by atoms with Crippen LogP contribution >= 0.6 is 0 Å². The fourth-order valence-electron chi connectivity index (χ4n) is 1.37. The summed E-state index contributed by atoms with van der Waals surface area (Å²) in [6.45, 7) is 1.93. The van der Waals surface area contributed by atoms with Crippen molar-refractivity contribution < 1.29 is 4.84 Å². The van der Waals surface area contributed by atoms with E-state index in [1.54, 1.807) is 0 Å². The van der Waals surface area contributed by atoms with Crippen molar-refractivity contribution in [1.29, 1.82) is 0 Å². The number of likely N-dealkylation sites (N-methyl/N-ethyl adjacent to an activating group) is 1. The number of amidine groups is 1. The summed E-state index contributed by atoms with van der Waals surface area (Å²) in [6.07, 6.45) is 11.8. The van der Waals surface area contributed by atoms with Crippen LogP contribution in [0.1, 0.15) is 6.92 Å². The Morgan fingerprint density at radius 1 is 1.23 bits per heavy atom. The third kappa shape index (κ3) is 1.16. The Morgan fingerprint density at radius 3 is 2.31 bits per heavy atom. The van der Waals surface area contributed by atoms with Crippen LogP contribution in [0.15, 0.2) is 41.6 Å². The van der Waals surface area contributed by atoms with E-state index in [1.807, 2.05) is 55.3 Å². The fraction of sp³-hybridized carbons (Fsp3) is 0.300. The van der Waals surface area contributed by atoms with Gasteiger partial charge in [-0.3, -0.25) is 0 Å². The lowest BCUT2D eigenvalue weighted by atomic mass is 10.1. The molecule has 0 saturated heterocycles. The lowest BCUT2D eigenvalue weighted by molar-refractivity contribution is -0.00954. The van der Waals surface area contributed by atoms with Gasteiger partial charge in [0.15, 0.2) is 0 Å². The molecule has 0 saturated carbocycles. The standard InChI is InChI=1S/C10H12N2O/c1-9-11-13-10(12(9)2)7-5-3-4-6-8-10/h3-8H,1-2H3. The number of rotatable bonds is 0. The first-order chi connectivity index (χ1) is 6.25. The molecule has 1 aliphatic carbocycles. The van der Waals surface area contributed by atoms with Gasteiger partial charge in [-0.05, 0) is 19.1 Å². The number of hydrogen-bond donors (Lipinski definition) is 0. The maximum Gasteiger partial charge on any atom is 0.249 e. The zero-order valence-corrected chi connectivity index (χ0v) is 7.77. The van der Waals surface area contributed by atoms with E-state index >= 15 is 0 Å². The van der Waals surface area contributed by atoms with Gasteiger partial charge in [0.2, 0.25) is 5.72 Å². The highest BCUT2D eigenvalue weighted by Gasteiger charge is 2.37. The van der Waals surface area contributed by atoms with Crippen molar-refractivity contribution in [2.75, 3.05) is 7.05 Å². The maximum atomic E-state index is 5.39. The largest absolute Gasteiger partial charge is 0.357 e. The van der Waals surface area contributed by atoms with Gasteiger partial charge in [-0.1, -0.05) is 29.5 Å². The molecule has 3 nitrogen and oxygen atoms in total. The van der Waals surface area contributed by atoms with E-state index in [1.165, 1.54) is 0 Å². The zero-order chi connectivity index (χ0) is 9.31. The molecule has 68 valence electrons. The van der Waals surface area contributed by atoms with Crippen LogP contribution in [0.5, 0.6) is 0 Å². The van der Waals surface area contributed by atoms with Gasteiger partial charge in [0, 0.05) is 7.05 Å². The minimum Gasteiger partial charge on any atom is -0.357 e. The molecule has 0 aromatic heterocycles. The molecule has 0 atom stereocenters. The van der Waals surface area contributed by atoms with Gasteiger partial charge >= 0.3 is 0 Å².